The number of ether oxygens (including phenoxy) is 2. The first-order valence-electron chi connectivity index (χ1n) is 10.9. The molecule has 0 N–H and O–H groups in total. The summed E-state index contributed by atoms with van der Waals surface area (Å²) in [6.45, 7) is 3.58. The molecular formula is C24H25FN2O4. The molecule has 1 aromatic heterocycles. The van der Waals surface area contributed by atoms with Crippen molar-refractivity contribution in [1.82, 2.24) is 10.1 Å². The highest BCUT2D eigenvalue weighted by Crippen LogP contribution is 2.33. The van der Waals surface area contributed by atoms with E-state index in [1.54, 1.807) is 6.07 Å². The van der Waals surface area contributed by atoms with Crippen molar-refractivity contribution in [1.29, 1.82) is 0 Å². The predicted molar refractivity (Wildman–Crippen MR) is 113 cm³/mol. The SMILES string of the molecule is O=C1CCc2ccc(OCCCN3CCC(c4noc5cc(F)ccc45)CC3)cc2O1. The lowest BCUT2D eigenvalue weighted by Crippen LogP contribution is -2.34. The van der Waals surface area contributed by atoms with Gasteiger partial charge >= 0.3 is 5.97 Å². The molecule has 0 unspecified atom stereocenters. The normalized spacial score (nSPS) is 17.5. The van der Waals surface area contributed by atoms with Crippen molar-refractivity contribution in [3.63, 3.8) is 0 Å². The van der Waals surface area contributed by atoms with Crippen LogP contribution in [0.2, 0.25) is 0 Å². The molecule has 0 radical (unpaired) electrons. The summed E-state index contributed by atoms with van der Waals surface area (Å²) in [5.41, 5.74) is 2.53. The van der Waals surface area contributed by atoms with E-state index in [4.69, 9.17) is 14.0 Å². The molecule has 0 bridgehead atoms. The zero-order chi connectivity index (χ0) is 21.2. The van der Waals surface area contributed by atoms with E-state index in [0.717, 1.165) is 67.7 Å². The number of esters is 1. The summed E-state index contributed by atoms with van der Waals surface area (Å²) in [4.78, 5) is 13.9. The van der Waals surface area contributed by atoms with Crippen molar-refractivity contribution in [2.75, 3.05) is 26.2 Å². The number of hydrogen-bond donors (Lipinski definition) is 0. The van der Waals surface area contributed by atoms with Crippen LogP contribution in [0, 0.1) is 5.82 Å². The van der Waals surface area contributed by atoms with Gasteiger partial charge in [-0.25, -0.2) is 4.39 Å². The molecule has 3 aromatic rings. The Hall–Kier alpha value is -2.93. The number of aryl methyl sites for hydroxylation is 1. The summed E-state index contributed by atoms with van der Waals surface area (Å²) in [7, 11) is 0. The molecule has 6 nitrogen and oxygen atoms in total. The van der Waals surface area contributed by atoms with Gasteiger partial charge in [-0.1, -0.05) is 11.2 Å². The Labute approximate surface area is 179 Å². The molecule has 7 heteroatoms. The molecule has 31 heavy (non-hydrogen) atoms. The maximum absolute atomic E-state index is 13.4. The van der Waals surface area contributed by atoms with E-state index in [1.807, 2.05) is 18.2 Å². The molecule has 2 aliphatic heterocycles. The van der Waals surface area contributed by atoms with Gasteiger partial charge in [-0.2, -0.15) is 0 Å². The van der Waals surface area contributed by atoms with Crippen LogP contribution >= 0.6 is 0 Å². The molecule has 3 heterocycles. The van der Waals surface area contributed by atoms with E-state index in [1.165, 1.54) is 12.1 Å². The summed E-state index contributed by atoms with van der Waals surface area (Å²) >= 11 is 0. The highest BCUT2D eigenvalue weighted by atomic mass is 19.1. The van der Waals surface area contributed by atoms with Crippen LogP contribution in [-0.2, 0) is 11.2 Å². The fraction of sp³-hybridized carbons (Fsp3) is 0.417. The minimum atomic E-state index is -0.302. The van der Waals surface area contributed by atoms with Crippen LogP contribution in [0.25, 0.3) is 11.0 Å². The topological polar surface area (TPSA) is 64.8 Å². The Morgan fingerprint density at radius 2 is 2.00 bits per heavy atom. The average Bonchev–Trinajstić information content (AvgIpc) is 3.20. The Balaban J connectivity index is 1.08. The van der Waals surface area contributed by atoms with Crippen LogP contribution in [0.3, 0.4) is 0 Å². The van der Waals surface area contributed by atoms with Crippen LogP contribution in [0.15, 0.2) is 40.9 Å². The number of fused-ring (bicyclic) bond motifs is 2. The maximum atomic E-state index is 13.4. The van der Waals surface area contributed by atoms with Gasteiger partial charge in [0, 0.05) is 30.0 Å². The number of aromatic nitrogens is 1. The van der Waals surface area contributed by atoms with Crippen molar-refractivity contribution in [3.05, 3.63) is 53.5 Å². The first-order valence-corrected chi connectivity index (χ1v) is 10.9. The Kier molecular flexibility index (Phi) is 5.59. The van der Waals surface area contributed by atoms with Gasteiger partial charge in [0.15, 0.2) is 5.58 Å². The van der Waals surface area contributed by atoms with Gasteiger partial charge in [0.05, 0.1) is 18.7 Å². The molecule has 0 atom stereocenters. The maximum Gasteiger partial charge on any atom is 0.311 e. The number of benzene rings is 2. The number of carbonyl (C=O) groups is 1. The van der Waals surface area contributed by atoms with Crippen LogP contribution < -0.4 is 9.47 Å². The molecule has 0 aliphatic carbocycles. The fourth-order valence-corrected chi connectivity index (χ4v) is 4.47. The van der Waals surface area contributed by atoms with Gasteiger partial charge in [0.25, 0.3) is 0 Å². The highest BCUT2D eigenvalue weighted by Gasteiger charge is 2.25. The number of halogens is 1. The first-order chi connectivity index (χ1) is 15.2. The molecule has 0 saturated carbocycles. The van der Waals surface area contributed by atoms with Crippen molar-refractivity contribution in [3.8, 4) is 11.5 Å². The Bertz CT molecular complexity index is 1090. The minimum absolute atomic E-state index is 0.182. The molecule has 1 saturated heterocycles. The molecule has 0 spiro atoms. The predicted octanol–water partition coefficient (Wildman–Crippen LogP) is 4.47. The van der Waals surface area contributed by atoms with Crippen LogP contribution in [-0.4, -0.2) is 42.3 Å². The third-order valence-electron chi connectivity index (χ3n) is 6.18. The summed E-state index contributed by atoms with van der Waals surface area (Å²) in [5, 5.41) is 5.14. The van der Waals surface area contributed by atoms with E-state index in [-0.39, 0.29) is 11.8 Å². The number of nitrogens with zero attached hydrogens (tertiary/aromatic N) is 2. The average molecular weight is 424 g/mol. The summed E-state index contributed by atoms with van der Waals surface area (Å²) in [5.74, 6) is 1.22. The standard InChI is InChI=1S/C24H25FN2O4/c25-18-4-6-20-22(14-18)31-26-24(20)17-8-11-27(12-9-17)10-1-13-29-19-5-2-16-3-7-23(28)30-21(16)15-19/h2,4-6,14-15,17H,1,3,7-13H2. The molecule has 5 rings (SSSR count). The van der Waals surface area contributed by atoms with Crippen molar-refractivity contribution in [2.24, 2.45) is 0 Å². The molecular weight excluding hydrogens is 399 g/mol. The summed E-state index contributed by atoms with van der Waals surface area (Å²) in [6, 6.07) is 10.4. The Morgan fingerprint density at radius 3 is 2.87 bits per heavy atom. The monoisotopic (exact) mass is 424 g/mol. The van der Waals surface area contributed by atoms with E-state index < -0.39 is 0 Å². The fourth-order valence-electron chi connectivity index (χ4n) is 4.47. The molecule has 162 valence electrons. The molecule has 1 fully saturated rings. The zero-order valence-corrected chi connectivity index (χ0v) is 17.3. The highest BCUT2D eigenvalue weighted by molar-refractivity contribution is 5.80. The van der Waals surface area contributed by atoms with Crippen molar-refractivity contribution >= 4 is 16.9 Å². The van der Waals surface area contributed by atoms with Gasteiger partial charge in [-0.05, 0) is 62.5 Å². The van der Waals surface area contributed by atoms with Gasteiger partial charge in [0.2, 0.25) is 0 Å². The van der Waals surface area contributed by atoms with E-state index >= 15 is 0 Å². The van der Waals surface area contributed by atoms with Crippen molar-refractivity contribution < 1.29 is 23.2 Å². The zero-order valence-electron chi connectivity index (χ0n) is 17.3. The minimum Gasteiger partial charge on any atom is -0.493 e. The number of likely N-dealkylation sites (tertiary alicyclic amines) is 1. The first kappa shape index (κ1) is 20.0. The lowest BCUT2D eigenvalue weighted by Gasteiger charge is -2.31. The van der Waals surface area contributed by atoms with E-state index in [0.29, 0.717) is 30.3 Å². The van der Waals surface area contributed by atoms with Gasteiger partial charge < -0.3 is 18.9 Å². The number of hydrogen-bond acceptors (Lipinski definition) is 6. The van der Waals surface area contributed by atoms with Gasteiger partial charge in [-0.3, -0.25) is 4.79 Å². The lowest BCUT2D eigenvalue weighted by molar-refractivity contribution is -0.135. The second-order valence-electron chi connectivity index (χ2n) is 8.27. The second kappa shape index (κ2) is 8.67. The van der Waals surface area contributed by atoms with E-state index in [9.17, 15) is 9.18 Å². The largest absolute Gasteiger partial charge is 0.493 e. The number of rotatable bonds is 6. The molecule has 2 aliphatic rings. The number of carbonyl (C=O) groups excluding carboxylic acids is 1. The quantitative estimate of drug-likeness (QED) is 0.331. The smallest absolute Gasteiger partial charge is 0.311 e. The molecule has 2 aromatic carbocycles. The van der Waals surface area contributed by atoms with Crippen LogP contribution in [0.4, 0.5) is 4.39 Å². The van der Waals surface area contributed by atoms with Crippen LogP contribution in [0.1, 0.15) is 42.9 Å². The second-order valence-corrected chi connectivity index (χ2v) is 8.27. The van der Waals surface area contributed by atoms with Gasteiger partial charge in [0.1, 0.15) is 17.3 Å². The third kappa shape index (κ3) is 4.42. The van der Waals surface area contributed by atoms with Gasteiger partial charge in [-0.15, -0.1) is 0 Å². The molecule has 0 amide bonds. The van der Waals surface area contributed by atoms with Crippen molar-refractivity contribution in [2.45, 2.75) is 38.0 Å². The number of piperidine rings is 1. The third-order valence-corrected chi connectivity index (χ3v) is 6.18. The Morgan fingerprint density at radius 1 is 1.13 bits per heavy atom. The summed E-state index contributed by atoms with van der Waals surface area (Å²) in [6.07, 6.45) is 4.11. The lowest BCUT2D eigenvalue weighted by atomic mass is 9.91. The van der Waals surface area contributed by atoms with Crippen LogP contribution in [0.5, 0.6) is 11.5 Å². The summed E-state index contributed by atoms with van der Waals surface area (Å²) < 4.78 is 29.8. The van der Waals surface area contributed by atoms with E-state index in [2.05, 4.69) is 10.1 Å².